The summed E-state index contributed by atoms with van der Waals surface area (Å²) in [5.41, 5.74) is 2.95. The van der Waals surface area contributed by atoms with Gasteiger partial charge in [-0.25, -0.2) is 4.68 Å². The molecule has 1 atom stereocenters. The van der Waals surface area contributed by atoms with Crippen LogP contribution < -0.4 is 5.32 Å². The molecule has 1 unspecified atom stereocenters. The summed E-state index contributed by atoms with van der Waals surface area (Å²) in [6.07, 6.45) is 8.14. The minimum Gasteiger partial charge on any atom is -0.310 e. The van der Waals surface area contributed by atoms with Crippen LogP contribution >= 0.6 is 0 Å². The standard InChI is InChI=1S/C17H23N3/c1-3-17(9-10-17)13-18-14(2)15-11-19-20(12-15)16-7-5-4-6-8-16/h4-8,11-12,14,18H,3,9-10,13H2,1-2H3. The van der Waals surface area contributed by atoms with E-state index in [1.165, 1.54) is 24.8 Å². The van der Waals surface area contributed by atoms with Crippen LogP contribution in [0.15, 0.2) is 42.7 Å². The predicted molar refractivity (Wildman–Crippen MR) is 81.9 cm³/mol. The highest BCUT2D eigenvalue weighted by molar-refractivity contribution is 5.31. The highest BCUT2D eigenvalue weighted by Crippen LogP contribution is 2.48. The molecule has 1 saturated carbocycles. The first-order valence-corrected chi connectivity index (χ1v) is 7.56. The molecule has 20 heavy (non-hydrogen) atoms. The second-order valence-electron chi connectivity index (χ2n) is 6.01. The van der Waals surface area contributed by atoms with E-state index in [4.69, 9.17) is 0 Å². The van der Waals surface area contributed by atoms with Crippen LogP contribution in [0.3, 0.4) is 0 Å². The van der Waals surface area contributed by atoms with Crippen molar-refractivity contribution in [2.75, 3.05) is 6.54 Å². The zero-order valence-electron chi connectivity index (χ0n) is 12.3. The maximum absolute atomic E-state index is 4.46. The molecule has 0 radical (unpaired) electrons. The zero-order valence-corrected chi connectivity index (χ0v) is 12.3. The third-order valence-electron chi connectivity index (χ3n) is 4.61. The average Bonchev–Trinajstić information content (AvgIpc) is 3.12. The van der Waals surface area contributed by atoms with Gasteiger partial charge in [0.2, 0.25) is 0 Å². The molecule has 3 nitrogen and oxygen atoms in total. The van der Waals surface area contributed by atoms with E-state index in [-0.39, 0.29) is 0 Å². The van der Waals surface area contributed by atoms with Gasteiger partial charge in [0.15, 0.2) is 0 Å². The van der Waals surface area contributed by atoms with Gasteiger partial charge in [-0.2, -0.15) is 5.10 Å². The van der Waals surface area contributed by atoms with Crippen molar-refractivity contribution < 1.29 is 0 Å². The maximum Gasteiger partial charge on any atom is 0.0645 e. The third kappa shape index (κ3) is 2.78. The molecule has 1 aromatic heterocycles. The van der Waals surface area contributed by atoms with Crippen LogP contribution in [0, 0.1) is 5.41 Å². The molecule has 3 heteroatoms. The van der Waals surface area contributed by atoms with Gasteiger partial charge in [-0.1, -0.05) is 25.1 Å². The van der Waals surface area contributed by atoms with Crippen LogP contribution in [0.5, 0.6) is 0 Å². The summed E-state index contributed by atoms with van der Waals surface area (Å²) in [7, 11) is 0. The Bertz CT molecular complexity index is 555. The maximum atomic E-state index is 4.46. The number of hydrogen-bond donors (Lipinski definition) is 1. The van der Waals surface area contributed by atoms with Gasteiger partial charge in [0, 0.05) is 24.3 Å². The second kappa shape index (κ2) is 5.41. The lowest BCUT2D eigenvalue weighted by atomic mass is 10.0. The van der Waals surface area contributed by atoms with E-state index in [2.05, 4.69) is 42.6 Å². The van der Waals surface area contributed by atoms with Crippen molar-refractivity contribution in [2.24, 2.45) is 5.41 Å². The molecule has 3 rings (SSSR count). The molecule has 2 aromatic rings. The Morgan fingerprint density at radius 2 is 2.05 bits per heavy atom. The van der Waals surface area contributed by atoms with Crippen LogP contribution in [-0.4, -0.2) is 16.3 Å². The van der Waals surface area contributed by atoms with Gasteiger partial charge >= 0.3 is 0 Å². The van der Waals surface area contributed by atoms with E-state index >= 15 is 0 Å². The Balaban J connectivity index is 1.64. The lowest BCUT2D eigenvalue weighted by molar-refractivity contribution is 0.415. The molecule has 1 heterocycles. The number of para-hydroxylation sites is 1. The smallest absolute Gasteiger partial charge is 0.0645 e. The monoisotopic (exact) mass is 269 g/mol. The Morgan fingerprint density at radius 1 is 1.30 bits per heavy atom. The molecule has 1 aliphatic rings. The van der Waals surface area contributed by atoms with Gasteiger partial charge in [0.25, 0.3) is 0 Å². The fourth-order valence-electron chi connectivity index (χ4n) is 2.60. The van der Waals surface area contributed by atoms with E-state index in [1.807, 2.05) is 29.1 Å². The van der Waals surface area contributed by atoms with E-state index in [0.29, 0.717) is 11.5 Å². The summed E-state index contributed by atoms with van der Waals surface area (Å²) >= 11 is 0. The van der Waals surface area contributed by atoms with Crippen molar-refractivity contribution in [3.63, 3.8) is 0 Å². The van der Waals surface area contributed by atoms with Crippen molar-refractivity contribution >= 4 is 0 Å². The van der Waals surface area contributed by atoms with Gasteiger partial charge in [0.1, 0.15) is 0 Å². The first-order chi connectivity index (χ1) is 9.72. The summed E-state index contributed by atoms with van der Waals surface area (Å²) in [6.45, 7) is 5.64. The second-order valence-corrected chi connectivity index (χ2v) is 6.01. The van der Waals surface area contributed by atoms with Gasteiger partial charge in [0.05, 0.1) is 11.9 Å². The quantitative estimate of drug-likeness (QED) is 0.866. The van der Waals surface area contributed by atoms with Crippen molar-refractivity contribution in [3.8, 4) is 5.69 Å². The van der Waals surface area contributed by atoms with Crippen LogP contribution in [0.2, 0.25) is 0 Å². The van der Waals surface area contributed by atoms with E-state index in [0.717, 1.165) is 12.2 Å². The first kappa shape index (κ1) is 13.4. The van der Waals surface area contributed by atoms with Crippen molar-refractivity contribution in [2.45, 2.75) is 39.2 Å². The molecule has 0 spiro atoms. The summed E-state index contributed by atoms with van der Waals surface area (Å²) in [4.78, 5) is 0. The van der Waals surface area contributed by atoms with Gasteiger partial charge in [-0.3, -0.25) is 0 Å². The summed E-state index contributed by atoms with van der Waals surface area (Å²) in [5.74, 6) is 0. The van der Waals surface area contributed by atoms with E-state index < -0.39 is 0 Å². The Labute approximate surface area is 121 Å². The topological polar surface area (TPSA) is 29.9 Å². The number of benzene rings is 1. The minimum atomic E-state index is 0.358. The fraction of sp³-hybridized carbons (Fsp3) is 0.471. The predicted octanol–water partition coefficient (Wildman–Crippen LogP) is 3.71. The van der Waals surface area contributed by atoms with Crippen LogP contribution in [-0.2, 0) is 0 Å². The first-order valence-electron chi connectivity index (χ1n) is 7.56. The molecular formula is C17H23N3. The molecule has 0 aliphatic heterocycles. The van der Waals surface area contributed by atoms with Gasteiger partial charge in [-0.15, -0.1) is 0 Å². The van der Waals surface area contributed by atoms with Crippen LogP contribution in [0.1, 0.15) is 44.7 Å². The largest absolute Gasteiger partial charge is 0.310 e. The molecule has 1 fully saturated rings. The lowest BCUT2D eigenvalue weighted by Gasteiger charge is -2.17. The molecule has 1 aromatic carbocycles. The van der Waals surface area contributed by atoms with E-state index in [1.54, 1.807) is 0 Å². The molecule has 106 valence electrons. The molecule has 1 aliphatic carbocycles. The Kier molecular flexibility index (Phi) is 3.62. The summed E-state index contributed by atoms with van der Waals surface area (Å²) in [5, 5.41) is 8.13. The van der Waals surface area contributed by atoms with Crippen molar-refractivity contribution in [1.82, 2.24) is 15.1 Å². The Hall–Kier alpha value is -1.61. The molecular weight excluding hydrogens is 246 g/mol. The number of hydrogen-bond acceptors (Lipinski definition) is 2. The Morgan fingerprint density at radius 3 is 2.70 bits per heavy atom. The number of nitrogens with zero attached hydrogens (tertiary/aromatic N) is 2. The average molecular weight is 269 g/mol. The van der Waals surface area contributed by atoms with Gasteiger partial charge in [-0.05, 0) is 43.7 Å². The van der Waals surface area contributed by atoms with E-state index in [9.17, 15) is 0 Å². The number of rotatable bonds is 6. The third-order valence-corrected chi connectivity index (χ3v) is 4.61. The highest BCUT2D eigenvalue weighted by atomic mass is 15.3. The van der Waals surface area contributed by atoms with Crippen molar-refractivity contribution in [1.29, 1.82) is 0 Å². The number of nitrogens with one attached hydrogen (secondary N) is 1. The summed E-state index contributed by atoms with van der Waals surface area (Å²) in [6, 6.07) is 10.6. The molecule has 0 saturated heterocycles. The fourth-order valence-corrected chi connectivity index (χ4v) is 2.60. The van der Waals surface area contributed by atoms with Crippen molar-refractivity contribution in [3.05, 3.63) is 48.3 Å². The normalized spacial score (nSPS) is 17.9. The van der Waals surface area contributed by atoms with Crippen LogP contribution in [0.25, 0.3) is 5.69 Å². The molecule has 0 bridgehead atoms. The SMILES string of the molecule is CCC1(CNC(C)c2cnn(-c3ccccc3)c2)CC1. The van der Waals surface area contributed by atoms with Gasteiger partial charge < -0.3 is 5.32 Å². The number of aromatic nitrogens is 2. The highest BCUT2D eigenvalue weighted by Gasteiger charge is 2.40. The molecule has 0 amide bonds. The summed E-state index contributed by atoms with van der Waals surface area (Å²) < 4.78 is 1.94. The lowest BCUT2D eigenvalue weighted by Crippen LogP contribution is -2.26. The zero-order chi connectivity index (χ0) is 14.0. The van der Waals surface area contributed by atoms with Crippen LogP contribution in [0.4, 0.5) is 0 Å². The minimum absolute atomic E-state index is 0.358. The molecule has 1 N–H and O–H groups in total.